The molecular formula is C33H44N2O5SSi. The molecule has 226 valence electrons. The van der Waals surface area contributed by atoms with Crippen LogP contribution in [-0.2, 0) is 25.8 Å². The van der Waals surface area contributed by atoms with Crippen LogP contribution in [0.3, 0.4) is 0 Å². The van der Waals surface area contributed by atoms with Gasteiger partial charge in [0.15, 0.2) is 8.32 Å². The summed E-state index contributed by atoms with van der Waals surface area (Å²) in [7, 11) is -5.84. The number of benzene rings is 3. The Morgan fingerprint density at radius 2 is 1.62 bits per heavy atom. The molecule has 1 aliphatic heterocycles. The predicted molar refractivity (Wildman–Crippen MR) is 172 cm³/mol. The van der Waals surface area contributed by atoms with Crippen LogP contribution in [0.2, 0.25) is 18.1 Å². The normalized spacial score (nSPS) is 19.9. The Labute approximate surface area is 252 Å². The molecule has 4 rings (SSSR count). The van der Waals surface area contributed by atoms with Gasteiger partial charge in [-0.3, -0.25) is 0 Å². The molecule has 2 atom stereocenters. The zero-order chi connectivity index (χ0) is 30.6. The molecule has 0 saturated carbocycles. The van der Waals surface area contributed by atoms with Gasteiger partial charge in [-0.15, -0.1) is 0 Å². The minimum atomic E-state index is -3.89. The minimum absolute atomic E-state index is 0.00564. The van der Waals surface area contributed by atoms with Gasteiger partial charge in [-0.1, -0.05) is 93.6 Å². The maximum atomic E-state index is 13.7. The molecule has 9 heteroatoms. The van der Waals surface area contributed by atoms with Gasteiger partial charge in [0.2, 0.25) is 10.0 Å². The Morgan fingerprint density at radius 3 is 2.24 bits per heavy atom. The largest absolute Gasteiger partial charge is 0.489 e. The standard InChI is InChI=1S/C33H44N2O5SSi/c1-32(2,3)42(6,7)39-22-21-29(26-17-12-9-13-18-26)34-31-35-41(36,37)30(33(4,5)40-31)27-19-14-20-28(23-27)38-24-25-15-10-8-11-16-25/h8-20,23,29-30H,21-22,24H2,1-7H3,(H,34,35). The molecule has 7 nitrogen and oxygen atoms in total. The Kier molecular flexibility index (Phi) is 9.54. The van der Waals surface area contributed by atoms with E-state index in [2.05, 4.69) is 38.6 Å². The second-order valence-corrected chi connectivity index (χ2v) is 19.4. The summed E-state index contributed by atoms with van der Waals surface area (Å²) in [6.07, 6.45) is 0.593. The molecule has 3 aromatic rings. The fraction of sp³-hybridized carbons (Fsp3) is 0.424. The molecule has 0 aromatic heterocycles. The number of nitrogens with zero attached hydrogens (tertiary/aromatic N) is 1. The first-order valence-electron chi connectivity index (χ1n) is 14.4. The first-order valence-corrected chi connectivity index (χ1v) is 18.9. The van der Waals surface area contributed by atoms with Crippen molar-refractivity contribution in [3.63, 3.8) is 0 Å². The summed E-state index contributed by atoms with van der Waals surface area (Å²) in [6.45, 7) is 15.5. The third kappa shape index (κ3) is 7.82. The Hall–Kier alpha value is -3.14. The van der Waals surface area contributed by atoms with Crippen molar-refractivity contribution >= 4 is 24.4 Å². The number of hydrogen-bond donors (Lipinski definition) is 1. The average molecular weight is 609 g/mol. The quantitative estimate of drug-likeness (QED) is 0.240. The number of nitrogens with one attached hydrogen (secondary N) is 1. The van der Waals surface area contributed by atoms with Crippen molar-refractivity contribution in [2.24, 2.45) is 4.99 Å². The van der Waals surface area contributed by atoms with Gasteiger partial charge in [-0.25, -0.2) is 18.1 Å². The zero-order valence-electron chi connectivity index (χ0n) is 25.8. The van der Waals surface area contributed by atoms with Gasteiger partial charge < -0.3 is 13.9 Å². The van der Waals surface area contributed by atoms with Crippen LogP contribution in [0.15, 0.2) is 89.9 Å². The molecule has 1 aliphatic rings. The van der Waals surface area contributed by atoms with Crippen molar-refractivity contribution in [1.82, 2.24) is 4.72 Å². The molecule has 0 amide bonds. The van der Waals surface area contributed by atoms with E-state index in [0.717, 1.165) is 11.1 Å². The summed E-state index contributed by atoms with van der Waals surface area (Å²) >= 11 is 0. The second-order valence-electron chi connectivity index (χ2n) is 12.8. The van der Waals surface area contributed by atoms with Gasteiger partial charge in [0.05, 0.1) is 6.04 Å². The first-order chi connectivity index (χ1) is 19.7. The Balaban J connectivity index is 1.55. The first kappa shape index (κ1) is 31.8. The summed E-state index contributed by atoms with van der Waals surface area (Å²) in [4.78, 5) is 4.80. The summed E-state index contributed by atoms with van der Waals surface area (Å²) < 4.78 is 48.8. The highest BCUT2D eigenvalue weighted by Crippen LogP contribution is 2.40. The lowest BCUT2D eigenvalue weighted by atomic mass is 9.97. The summed E-state index contributed by atoms with van der Waals surface area (Å²) in [5.41, 5.74) is 1.48. The molecule has 0 aliphatic carbocycles. The van der Waals surface area contributed by atoms with Gasteiger partial charge in [0.25, 0.3) is 6.02 Å². The lowest BCUT2D eigenvalue weighted by molar-refractivity contribution is 0.0758. The van der Waals surface area contributed by atoms with Crippen LogP contribution >= 0.6 is 0 Å². The second kappa shape index (κ2) is 12.6. The minimum Gasteiger partial charge on any atom is -0.489 e. The number of rotatable bonds is 10. The predicted octanol–water partition coefficient (Wildman–Crippen LogP) is 7.54. The van der Waals surface area contributed by atoms with Crippen LogP contribution in [0.4, 0.5) is 0 Å². The molecule has 1 saturated heterocycles. The topological polar surface area (TPSA) is 86.2 Å². The van der Waals surface area contributed by atoms with Crippen LogP contribution in [0.1, 0.15) is 69.0 Å². The monoisotopic (exact) mass is 608 g/mol. The van der Waals surface area contributed by atoms with E-state index in [1.165, 1.54) is 0 Å². The van der Waals surface area contributed by atoms with E-state index in [0.29, 0.717) is 30.9 Å². The van der Waals surface area contributed by atoms with E-state index in [9.17, 15) is 8.42 Å². The maximum absolute atomic E-state index is 13.7. The van der Waals surface area contributed by atoms with Crippen molar-refractivity contribution in [3.05, 3.63) is 102 Å². The van der Waals surface area contributed by atoms with Gasteiger partial charge in [0.1, 0.15) is 23.2 Å². The summed E-state index contributed by atoms with van der Waals surface area (Å²) in [6, 6.07) is 26.5. The van der Waals surface area contributed by atoms with Crippen molar-refractivity contribution in [2.75, 3.05) is 6.61 Å². The Morgan fingerprint density at radius 1 is 0.976 bits per heavy atom. The molecule has 1 heterocycles. The molecule has 3 aromatic carbocycles. The number of hydrogen-bond acceptors (Lipinski definition) is 6. The average Bonchev–Trinajstić information content (AvgIpc) is 2.90. The summed E-state index contributed by atoms with van der Waals surface area (Å²) in [5, 5.41) is -0.882. The zero-order valence-corrected chi connectivity index (χ0v) is 27.6. The Bertz CT molecular complexity index is 1470. The maximum Gasteiger partial charge on any atom is 0.299 e. The highest BCUT2D eigenvalue weighted by Gasteiger charge is 2.48. The molecule has 42 heavy (non-hydrogen) atoms. The number of sulfonamides is 1. The van der Waals surface area contributed by atoms with Gasteiger partial charge in [-0.2, -0.15) is 0 Å². The fourth-order valence-electron chi connectivity index (χ4n) is 4.78. The van der Waals surface area contributed by atoms with Crippen molar-refractivity contribution < 1.29 is 22.3 Å². The van der Waals surface area contributed by atoms with Gasteiger partial charge >= 0.3 is 0 Å². The van der Waals surface area contributed by atoms with Crippen LogP contribution in [0.25, 0.3) is 0 Å². The molecule has 1 N–H and O–H groups in total. The number of amidine groups is 1. The fourth-order valence-corrected chi connectivity index (χ4v) is 7.60. The van der Waals surface area contributed by atoms with Crippen LogP contribution in [0, 0.1) is 0 Å². The van der Waals surface area contributed by atoms with E-state index >= 15 is 0 Å². The summed E-state index contributed by atoms with van der Waals surface area (Å²) in [5.74, 6) is 0.590. The van der Waals surface area contributed by atoms with E-state index < -0.39 is 29.2 Å². The number of ether oxygens (including phenoxy) is 2. The number of aliphatic imine (C=N–C) groups is 1. The lowest BCUT2D eigenvalue weighted by Gasteiger charge is -2.39. The van der Waals surface area contributed by atoms with Crippen molar-refractivity contribution in [2.45, 2.75) is 82.7 Å². The lowest BCUT2D eigenvalue weighted by Crippen LogP contribution is -2.53. The van der Waals surface area contributed by atoms with Crippen LogP contribution in [-0.4, -0.2) is 35.0 Å². The van der Waals surface area contributed by atoms with E-state index in [-0.39, 0.29) is 17.1 Å². The van der Waals surface area contributed by atoms with Crippen LogP contribution < -0.4 is 9.46 Å². The van der Waals surface area contributed by atoms with E-state index in [1.807, 2.05) is 66.7 Å². The third-order valence-electron chi connectivity index (χ3n) is 8.06. The molecular weight excluding hydrogens is 565 g/mol. The van der Waals surface area contributed by atoms with Gasteiger partial charge in [0, 0.05) is 6.61 Å². The molecule has 0 radical (unpaired) electrons. The van der Waals surface area contributed by atoms with Crippen LogP contribution in [0.5, 0.6) is 5.75 Å². The van der Waals surface area contributed by atoms with Crippen molar-refractivity contribution in [1.29, 1.82) is 0 Å². The smallest absolute Gasteiger partial charge is 0.299 e. The molecule has 0 bridgehead atoms. The molecule has 0 spiro atoms. The highest BCUT2D eigenvalue weighted by molar-refractivity contribution is 7.90. The molecule has 2 unspecified atom stereocenters. The molecule has 1 fully saturated rings. The van der Waals surface area contributed by atoms with Gasteiger partial charge in [-0.05, 0) is 67.2 Å². The van der Waals surface area contributed by atoms with Crippen molar-refractivity contribution in [3.8, 4) is 5.75 Å². The third-order valence-corrected chi connectivity index (χ3v) is 14.5. The highest BCUT2D eigenvalue weighted by atomic mass is 32.2. The SMILES string of the molecule is CC1(C)OC(=NC(CCO[Si](C)(C)C(C)(C)C)c2ccccc2)NS(=O)(=O)C1c1cccc(OCc2ccccc2)c1. The van der Waals surface area contributed by atoms with E-state index in [4.69, 9.17) is 18.9 Å². The van der Waals surface area contributed by atoms with E-state index in [1.54, 1.807) is 32.0 Å².